The molecule has 1 N–H and O–H groups in total. The summed E-state index contributed by atoms with van der Waals surface area (Å²) in [6.45, 7) is 0. The standard InChI is InChI=1S/C17H17N3S/c1-18-17-20-15(10-21-17)16-11-6-2-4-8-13(11)19-14-9-5-3-7-12(14)16/h2,4,6,8,10H,3,5,7,9H2,1H3,(H,18,20). The van der Waals surface area contributed by atoms with Gasteiger partial charge in [-0.15, -0.1) is 11.3 Å². The van der Waals surface area contributed by atoms with Gasteiger partial charge in [0, 0.05) is 29.1 Å². The van der Waals surface area contributed by atoms with Gasteiger partial charge in [-0.1, -0.05) is 18.2 Å². The Morgan fingerprint density at radius 3 is 2.81 bits per heavy atom. The van der Waals surface area contributed by atoms with Gasteiger partial charge in [-0.2, -0.15) is 0 Å². The number of pyridine rings is 1. The molecule has 0 saturated heterocycles. The molecule has 0 atom stereocenters. The van der Waals surface area contributed by atoms with Gasteiger partial charge in [-0.3, -0.25) is 4.98 Å². The lowest BCUT2D eigenvalue weighted by Crippen LogP contribution is -2.08. The number of aromatic nitrogens is 2. The molecule has 0 radical (unpaired) electrons. The molecule has 3 nitrogen and oxygen atoms in total. The fourth-order valence-electron chi connectivity index (χ4n) is 3.17. The van der Waals surface area contributed by atoms with Gasteiger partial charge in [0.25, 0.3) is 0 Å². The van der Waals surface area contributed by atoms with Crippen molar-refractivity contribution in [2.45, 2.75) is 25.7 Å². The Hall–Kier alpha value is -1.94. The highest BCUT2D eigenvalue weighted by Gasteiger charge is 2.20. The monoisotopic (exact) mass is 295 g/mol. The van der Waals surface area contributed by atoms with Gasteiger partial charge in [-0.25, -0.2) is 4.98 Å². The van der Waals surface area contributed by atoms with E-state index in [0.29, 0.717) is 0 Å². The Morgan fingerprint density at radius 2 is 1.95 bits per heavy atom. The zero-order chi connectivity index (χ0) is 14.2. The van der Waals surface area contributed by atoms with Crippen LogP contribution < -0.4 is 5.32 Å². The van der Waals surface area contributed by atoms with E-state index in [0.717, 1.165) is 29.2 Å². The smallest absolute Gasteiger partial charge is 0.182 e. The molecule has 21 heavy (non-hydrogen) atoms. The number of hydrogen-bond acceptors (Lipinski definition) is 4. The molecular weight excluding hydrogens is 278 g/mol. The SMILES string of the molecule is CNc1nc(-c2c3c(nc4ccccc24)CCCC3)cs1. The summed E-state index contributed by atoms with van der Waals surface area (Å²) < 4.78 is 0. The molecular formula is C17H17N3S. The van der Waals surface area contributed by atoms with E-state index in [1.165, 1.54) is 35.0 Å². The van der Waals surface area contributed by atoms with Crippen LogP contribution in [0.1, 0.15) is 24.1 Å². The lowest BCUT2D eigenvalue weighted by Gasteiger charge is -2.19. The second kappa shape index (κ2) is 5.11. The second-order valence-corrected chi connectivity index (χ2v) is 6.28. The minimum atomic E-state index is 0.968. The van der Waals surface area contributed by atoms with Crippen LogP contribution >= 0.6 is 11.3 Å². The van der Waals surface area contributed by atoms with Crippen molar-refractivity contribution in [3.05, 3.63) is 40.9 Å². The number of para-hydroxylation sites is 1. The number of benzene rings is 1. The molecule has 2 aromatic heterocycles. The highest BCUT2D eigenvalue weighted by Crippen LogP contribution is 2.37. The Morgan fingerprint density at radius 1 is 1.10 bits per heavy atom. The van der Waals surface area contributed by atoms with Crippen molar-refractivity contribution < 1.29 is 0 Å². The van der Waals surface area contributed by atoms with E-state index in [1.54, 1.807) is 11.3 Å². The van der Waals surface area contributed by atoms with Crippen LogP contribution in [0.15, 0.2) is 29.6 Å². The van der Waals surface area contributed by atoms with Gasteiger partial charge >= 0.3 is 0 Å². The van der Waals surface area contributed by atoms with E-state index in [1.807, 2.05) is 7.05 Å². The van der Waals surface area contributed by atoms with Crippen LogP contribution in [0.25, 0.3) is 22.2 Å². The molecule has 106 valence electrons. The van der Waals surface area contributed by atoms with Crippen molar-refractivity contribution in [3.63, 3.8) is 0 Å². The summed E-state index contributed by atoms with van der Waals surface area (Å²) in [4.78, 5) is 9.63. The molecule has 0 spiro atoms. The number of nitrogens with one attached hydrogen (secondary N) is 1. The normalized spacial score (nSPS) is 14.1. The summed E-state index contributed by atoms with van der Waals surface area (Å²) in [6, 6.07) is 8.44. The van der Waals surface area contributed by atoms with E-state index in [2.05, 4.69) is 35.0 Å². The summed E-state index contributed by atoms with van der Waals surface area (Å²) in [6.07, 6.45) is 4.71. The summed E-state index contributed by atoms with van der Waals surface area (Å²) in [7, 11) is 1.92. The van der Waals surface area contributed by atoms with E-state index in [-0.39, 0.29) is 0 Å². The molecule has 2 heterocycles. The number of nitrogens with zero attached hydrogens (tertiary/aromatic N) is 2. The van der Waals surface area contributed by atoms with E-state index in [9.17, 15) is 0 Å². The van der Waals surface area contributed by atoms with Crippen LogP contribution in [-0.2, 0) is 12.8 Å². The van der Waals surface area contributed by atoms with Gasteiger partial charge in [0.1, 0.15) is 0 Å². The van der Waals surface area contributed by atoms with Crippen LogP contribution in [0.5, 0.6) is 0 Å². The lowest BCUT2D eigenvalue weighted by atomic mass is 9.89. The summed E-state index contributed by atoms with van der Waals surface area (Å²) in [5.74, 6) is 0. The van der Waals surface area contributed by atoms with Gasteiger partial charge in [-0.05, 0) is 37.3 Å². The molecule has 0 unspecified atom stereocenters. The molecule has 0 saturated carbocycles. The number of aryl methyl sites for hydroxylation is 1. The van der Waals surface area contributed by atoms with Crippen LogP contribution in [0, 0.1) is 0 Å². The Labute approximate surface area is 128 Å². The zero-order valence-corrected chi connectivity index (χ0v) is 12.8. The topological polar surface area (TPSA) is 37.8 Å². The fourth-order valence-corrected chi connectivity index (χ4v) is 3.83. The number of rotatable bonds is 2. The third-order valence-corrected chi connectivity index (χ3v) is 5.00. The number of hydrogen-bond donors (Lipinski definition) is 1. The van der Waals surface area contributed by atoms with Crippen LogP contribution in [0.2, 0.25) is 0 Å². The molecule has 4 heteroatoms. The minimum Gasteiger partial charge on any atom is -0.365 e. The average molecular weight is 295 g/mol. The van der Waals surface area contributed by atoms with Gasteiger partial charge in [0.15, 0.2) is 5.13 Å². The van der Waals surface area contributed by atoms with Crippen LogP contribution in [-0.4, -0.2) is 17.0 Å². The third kappa shape index (κ3) is 2.10. The Kier molecular flexibility index (Phi) is 3.11. The molecule has 4 rings (SSSR count). The first-order valence-electron chi connectivity index (χ1n) is 7.41. The molecule has 1 aliphatic rings. The summed E-state index contributed by atoms with van der Waals surface area (Å²) >= 11 is 1.66. The predicted octanol–water partition coefficient (Wildman–Crippen LogP) is 4.28. The number of thiazole rings is 1. The van der Waals surface area contributed by atoms with Crippen LogP contribution in [0.3, 0.4) is 0 Å². The average Bonchev–Trinajstić information content (AvgIpc) is 3.01. The Balaban J connectivity index is 2.04. The first kappa shape index (κ1) is 12.8. The van der Waals surface area contributed by atoms with E-state index in [4.69, 9.17) is 9.97 Å². The molecule has 0 amide bonds. The second-order valence-electron chi connectivity index (χ2n) is 5.42. The fraction of sp³-hybridized carbons (Fsp3) is 0.294. The summed E-state index contributed by atoms with van der Waals surface area (Å²) in [5.41, 5.74) is 6.16. The summed E-state index contributed by atoms with van der Waals surface area (Å²) in [5, 5.41) is 7.49. The molecule has 3 aromatic rings. The first-order chi connectivity index (χ1) is 10.4. The van der Waals surface area contributed by atoms with Crippen LogP contribution in [0.4, 0.5) is 5.13 Å². The van der Waals surface area contributed by atoms with Crippen molar-refractivity contribution in [1.29, 1.82) is 0 Å². The van der Waals surface area contributed by atoms with Crippen molar-refractivity contribution in [2.75, 3.05) is 12.4 Å². The quantitative estimate of drug-likeness (QED) is 0.767. The highest BCUT2D eigenvalue weighted by atomic mass is 32.1. The predicted molar refractivity (Wildman–Crippen MR) is 89.0 cm³/mol. The first-order valence-corrected chi connectivity index (χ1v) is 8.29. The zero-order valence-electron chi connectivity index (χ0n) is 12.0. The van der Waals surface area contributed by atoms with E-state index < -0.39 is 0 Å². The number of anilines is 1. The molecule has 0 fully saturated rings. The van der Waals surface area contributed by atoms with Crippen molar-refractivity contribution in [2.24, 2.45) is 0 Å². The van der Waals surface area contributed by atoms with Crippen molar-refractivity contribution >= 4 is 27.4 Å². The van der Waals surface area contributed by atoms with Crippen molar-refractivity contribution in [1.82, 2.24) is 9.97 Å². The molecule has 0 aliphatic heterocycles. The Bertz CT molecular complexity index is 807. The molecule has 1 aromatic carbocycles. The maximum absolute atomic E-state index is 4.89. The molecule has 1 aliphatic carbocycles. The largest absolute Gasteiger partial charge is 0.365 e. The third-order valence-electron chi connectivity index (χ3n) is 4.14. The highest BCUT2D eigenvalue weighted by molar-refractivity contribution is 7.14. The van der Waals surface area contributed by atoms with Crippen molar-refractivity contribution in [3.8, 4) is 11.3 Å². The maximum Gasteiger partial charge on any atom is 0.182 e. The number of fused-ring (bicyclic) bond motifs is 2. The van der Waals surface area contributed by atoms with Gasteiger partial charge in [0.2, 0.25) is 0 Å². The van der Waals surface area contributed by atoms with Gasteiger partial charge in [0.05, 0.1) is 11.2 Å². The minimum absolute atomic E-state index is 0.968. The maximum atomic E-state index is 4.89. The van der Waals surface area contributed by atoms with E-state index >= 15 is 0 Å². The molecule has 0 bridgehead atoms. The lowest BCUT2D eigenvalue weighted by molar-refractivity contribution is 0.672. The van der Waals surface area contributed by atoms with Gasteiger partial charge < -0.3 is 5.32 Å².